The Labute approximate surface area is 199 Å². The molecule has 34 heavy (non-hydrogen) atoms. The van der Waals surface area contributed by atoms with Crippen LogP contribution < -0.4 is 4.74 Å². The van der Waals surface area contributed by atoms with Crippen molar-refractivity contribution in [2.45, 2.75) is 39.8 Å². The number of aromatic amines is 1. The number of para-hydroxylation sites is 1. The minimum atomic E-state index is -0.742. The summed E-state index contributed by atoms with van der Waals surface area (Å²) >= 11 is 0. The molecule has 4 rings (SSSR count). The largest absolute Gasteiger partial charge is 0.507 e. The minimum absolute atomic E-state index is 0.00622. The topological polar surface area (TPSA) is 91.9 Å². The first-order valence-corrected chi connectivity index (χ1v) is 11.4. The van der Waals surface area contributed by atoms with Crippen molar-refractivity contribution in [1.29, 1.82) is 0 Å². The monoisotopic (exact) mass is 462 g/mol. The van der Waals surface area contributed by atoms with E-state index in [-0.39, 0.29) is 30.6 Å². The quantitative estimate of drug-likeness (QED) is 0.303. The number of aliphatic hydroxyl groups excluding tert-OH is 1. The highest BCUT2D eigenvalue weighted by Gasteiger charge is 2.46. The van der Waals surface area contributed by atoms with Gasteiger partial charge in [0.15, 0.2) is 0 Å². The molecule has 1 saturated heterocycles. The molecule has 1 unspecified atom stereocenters. The van der Waals surface area contributed by atoms with Crippen LogP contribution in [0.25, 0.3) is 16.7 Å². The van der Waals surface area contributed by atoms with E-state index < -0.39 is 17.7 Å². The van der Waals surface area contributed by atoms with Gasteiger partial charge in [0.2, 0.25) is 0 Å². The number of hydrogen-bond donors (Lipinski definition) is 2. The van der Waals surface area contributed by atoms with Crippen LogP contribution in [0.1, 0.15) is 42.1 Å². The third kappa shape index (κ3) is 4.07. The normalized spacial score (nSPS) is 17.8. The van der Waals surface area contributed by atoms with Crippen molar-refractivity contribution in [3.8, 4) is 5.75 Å². The molecule has 2 heterocycles. The predicted octanol–water partition coefficient (Wildman–Crippen LogP) is 4.64. The first kappa shape index (κ1) is 23.6. The number of benzene rings is 2. The fourth-order valence-corrected chi connectivity index (χ4v) is 4.55. The predicted molar refractivity (Wildman–Crippen MR) is 131 cm³/mol. The van der Waals surface area contributed by atoms with Crippen molar-refractivity contribution in [1.82, 2.24) is 9.88 Å². The summed E-state index contributed by atoms with van der Waals surface area (Å²) in [6.07, 6.45) is 1.80. The molecule has 1 atom stereocenters. The van der Waals surface area contributed by atoms with Gasteiger partial charge >= 0.3 is 0 Å². The smallest absolute Gasteiger partial charge is 0.295 e. The summed E-state index contributed by atoms with van der Waals surface area (Å²) < 4.78 is 11.1. The van der Waals surface area contributed by atoms with E-state index in [0.717, 1.165) is 27.6 Å². The van der Waals surface area contributed by atoms with Crippen molar-refractivity contribution in [3.63, 3.8) is 0 Å². The van der Waals surface area contributed by atoms with E-state index in [0.29, 0.717) is 11.3 Å². The third-order valence-corrected chi connectivity index (χ3v) is 6.24. The van der Waals surface area contributed by atoms with E-state index in [1.807, 2.05) is 58.0 Å². The fraction of sp³-hybridized carbons (Fsp3) is 0.333. The molecule has 1 aromatic heterocycles. The van der Waals surface area contributed by atoms with E-state index in [1.54, 1.807) is 19.4 Å². The van der Waals surface area contributed by atoms with Crippen LogP contribution in [-0.2, 0) is 14.3 Å². The number of aromatic nitrogens is 1. The van der Waals surface area contributed by atoms with Gasteiger partial charge < -0.3 is 24.5 Å². The number of fused-ring (bicyclic) bond motifs is 1. The lowest BCUT2D eigenvalue weighted by Crippen LogP contribution is -2.33. The number of nitrogens with one attached hydrogen (secondary N) is 1. The molecule has 0 aliphatic carbocycles. The van der Waals surface area contributed by atoms with Crippen LogP contribution in [0.5, 0.6) is 5.75 Å². The van der Waals surface area contributed by atoms with Gasteiger partial charge in [-0.25, -0.2) is 0 Å². The van der Waals surface area contributed by atoms with E-state index in [2.05, 4.69) is 4.98 Å². The van der Waals surface area contributed by atoms with Crippen LogP contribution in [0.2, 0.25) is 0 Å². The van der Waals surface area contributed by atoms with Crippen molar-refractivity contribution in [3.05, 3.63) is 70.4 Å². The number of Topliss-reactive ketones (excluding diaryl/α,β-unsaturated/α-hetero) is 1. The molecule has 1 aliphatic heterocycles. The van der Waals surface area contributed by atoms with E-state index in [9.17, 15) is 14.7 Å². The molecule has 0 spiro atoms. The molecule has 2 N–H and O–H groups in total. The Morgan fingerprint density at radius 3 is 2.59 bits per heavy atom. The highest BCUT2D eigenvalue weighted by Crippen LogP contribution is 2.42. The molecule has 0 radical (unpaired) electrons. The number of rotatable bonds is 7. The summed E-state index contributed by atoms with van der Waals surface area (Å²) in [6.45, 7) is 8.05. The lowest BCUT2D eigenvalue weighted by Gasteiger charge is -2.25. The average molecular weight is 463 g/mol. The number of nitrogens with zero attached hydrogens (tertiary/aromatic N) is 1. The van der Waals surface area contributed by atoms with Crippen molar-refractivity contribution in [2.24, 2.45) is 0 Å². The van der Waals surface area contributed by atoms with E-state index in [4.69, 9.17) is 9.47 Å². The van der Waals surface area contributed by atoms with Crippen LogP contribution in [-0.4, -0.2) is 53.0 Å². The number of aliphatic hydroxyl groups is 1. The van der Waals surface area contributed by atoms with Gasteiger partial charge in [-0.15, -0.1) is 0 Å². The molecular formula is C27H30N2O5. The Morgan fingerprint density at radius 1 is 1.15 bits per heavy atom. The first-order chi connectivity index (χ1) is 16.2. The number of amides is 1. The molecular weight excluding hydrogens is 432 g/mol. The van der Waals surface area contributed by atoms with E-state index >= 15 is 0 Å². The molecule has 0 saturated carbocycles. The van der Waals surface area contributed by atoms with Crippen LogP contribution in [0.15, 0.2) is 48.2 Å². The summed E-state index contributed by atoms with van der Waals surface area (Å²) in [5, 5.41) is 12.3. The van der Waals surface area contributed by atoms with Crippen molar-refractivity contribution < 1.29 is 24.2 Å². The number of ether oxygens (including phenoxy) is 2. The lowest BCUT2D eigenvalue weighted by molar-refractivity contribution is -0.140. The Bertz CT molecular complexity index is 1290. The summed E-state index contributed by atoms with van der Waals surface area (Å²) in [5.74, 6) is -0.852. The highest BCUT2D eigenvalue weighted by molar-refractivity contribution is 6.46. The zero-order valence-electron chi connectivity index (χ0n) is 20.1. The molecule has 178 valence electrons. The zero-order chi connectivity index (χ0) is 24.6. The molecule has 0 bridgehead atoms. The van der Waals surface area contributed by atoms with Crippen LogP contribution >= 0.6 is 0 Å². The standard InChI is InChI=1S/C27H30N2O5/c1-15(2)34-11-10-29-24(20-14-28-21-9-7-6-8-18(20)21)23(26(31)27(29)32)25(30)19-12-17(4)22(33-5)13-16(19)3/h6-9,12-15,24,28,30H,10-11H2,1-5H3/b25-23+. The number of aryl methyl sites for hydroxylation is 2. The average Bonchev–Trinajstić information content (AvgIpc) is 3.33. The molecule has 7 nitrogen and oxygen atoms in total. The van der Waals surface area contributed by atoms with Crippen LogP contribution in [0.4, 0.5) is 0 Å². The zero-order valence-corrected chi connectivity index (χ0v) is 20.1. The maximum Gasteiger partial charge on any atom is 0.295 e. The van der Waals surface area contributed by atoms with Gasteiger partial charge in [0, 0.05) is 34.8 Å². The second-order valence-corrected chi connectivity index (χ2v) is 8.84. The molecule has 1 fully saturated rings. The van der Waals surface area contributed by atoms with Gasteiger partial charge in [-0.05, 0) is 57.0 Å². The number of carbonyl (C=O) groups excluding carboxylic acids is 2. The van der Waals surface area contributed by atoms with Crippen LogP contribution in [0.3, 0.4) is 0 Å². The number of ketones is 1. The molecule has 2 aromatic carbocycles. The molecule has 3 aromatic rings. The second-order valence-electron chi connectivity index (χ2n) is 8.84. The Hall–Kier alpha value is -3.58. The maximum absolute atomic E-state index is 13.3. The van der Waals surface area contributed by atoms with Gasteiger partial charge in [-0.2, -0.15) is 0 Å². The molecule has 1 aliphatic rings. The Morgan fingerprint density at radius 2 is 1.88 bits per heavy atom. The Kier molecular flexibility index (Phi) is 6.48. The SMILES string of the molecule is COc1cc(C)c(/C(O)=C2\C(=O)C(=O)N(CCOC(C)C)C2c2c[nH]c3ccccc23)cc1C. The Balaban J connectivity index is 1.90. The van der Waals surface area contributed by atoms with Gasteiger partial charge in [-0.3, -0.25) is 9.59 Å². The van der Waals surface area contributed by atoms with Gasteiger partial charge in [0.05, 0.1) is 31.4 Å². The molecule has 1 amide bonds. The van der Waals surface area contributed by atoms with E-state index in [1.165, 1.54) is 4.90 Å². The number of methoxy groups -OCH3 is 1. The van der Waals surface area contributed by atoms with Gasteiger partial charge in [0.25, 0.3) is 11.7 Å². The minimum Gasteiger partial charge on any atom is -0.507 e. The number of likely N-dealkylation sites (tertiary alicyclic amines) is 1. The van der Waals surface area contributed by atoms with Crippen molar-refractivity contribution >= 4 is 28.4 Å². The second kappa shape index (κ2) is 9.35. The van der Waals surface area contributed by atoms with Crippen LogP contribution in [0, 0.1) is 13.8 Å². The number of carbonyl (C=O) groups is 2. The fourth-order valence-electron chi connectivity index (χ4n) is 4.55. The summed E-state index contributed by atoms with van der Waals surface area (Å²) in [5.41, 5.74) is 3.78. The highest BCUT2D eigenvalue weighted by atomic mass is 16.5. The number of H-pyrrole nitrogens is 1. The van der Waals surface area contributed by atoms with Gasteiger partial charge in [-0.1, -0.05) is 18.2 Å². The summed E-state index contributed by atoms with van der Waals surface area (Å²) in [4.78, 5) is 31.2. The molecule has 7 heteroatoms. The number of hydrogen-bond acceptors (Lipinski definition) is 5. The maximum atomic E-state index is 13.3. The third-order valence-electron chi connectivity index (χ3n) is 6.24. The first-order valence-electron chi connectivity index (χ1n) is 11.4. The van der Waals surface area contributed by atoms with Crippen molar-refractivity contribution in [2.75, 3.05) is 20.3 Å². The lowest BCUT2D eigenvalue weighted by atomic mass is 9.93. The summed E-state index contributed by atoms with van der Waals surface area (Å²) in [7, 11) is 1.59. The van der Waals surface area contributed by atoms with Gasteiger partial charge in [0.1, 0.15) is 11.5 Å². The summed E-state index contributed by atoms with van der Waals surface area (Å²) in [6, 6.07) is 10.6.